The number of carbonyl (C=O) groups is 1. The SMILES string of the molecule is CC(C)(C=CC=O)CSCc1cccc(Oc2ccccc2)c1. The van der Waals surface area contributed by atoms with Crippen molar-refractivity contribution in [3.63, 3.8) is 0 Å². The first-order valence-electron chi connectivity index (χ1n) is 7.62. The van der Waals surface area contributed by atoms with Gasteiger partial charge in [-0.25, -0.2) is 0 Å². The number of allylic oxidation sites excluding steroid dienone is 2. The van der Waals surface area contributed by atoms with E-state index in [1.807, 2.05) is 60.3 Å². The van der Waals surface area contributed by atoms with E-state index < -0.39 is 0 Å². The molecule has 0 amide bonds. The summed E-state index contributed by atoms with van der Waals surface area (Å²) in [5, 5.41) is 0. The van der Waals surface area contributed by atoms with Crippen molar-refractivity contribution in [1.29, 1.82) is 0 Å². The van der Waals surface area contributed by atoms with Gasteiger partial charge in [-0.15, -0.1) is 0 Å². The molecule has 0 saturated heterocycles. The van der Waals surface area contributed by atoms with Crippen LogP contribution in [0.25, 0.3) is 0 Å². The topological polar surface area (TPSA) is 26.3 Å². The third-order valence-corrected chi connectivity index (χ3v) is 4.73. The summed E-state index contributed by atoms with van der Waals surface area (Å²) in [5.74, 6) is 3.58. The Morgan fingerprint density at radius 3 is 2.52 bits per heavy atom. The van der Waals surface area contributed by atoms with Crippen LogP contribution in [0.15, 0.2) is 66.7 Å². The Balaban J connectivity index is 1.90. The minimum absolute atomic E-state index is 0.0176. The number of thioether (sulfide) groups is 1. The summed E-state index contributed by atoms with van der Waals surface area (Å²) < 4.78 is 5.86. The van der Waals surface area contributed by atoms with Crippen molar-refractivity contribution in [3.05, 3.63) is 72.3 Å². The molecule has 2 aromatic rings. The van der Waals surface area contributed by atoms with Gasteiger partial charge in [0.2, 0.25) is 0 Å². The minimum atomic E-state index is 0.0176. The number of benzene rings is 2. The Kier molecular flexibility index (Phi) is 6.48. The Hall–Kier alpha value is -2.00. The van der Waals surface area contributed by atoms with Crippen LogP contribution in [0.5, 0.6) is 11.5 Å². The van der Waals surface area contributed by atoms with E-state index in [1.165, 1.54) is 5.56 Å². The summed E-state index contributed by atoms with van der Waals surface area (Å²) in [7, 11) is 0. The molecule has 0 aliphatic rings. The first-order chi connectivity index (χ1) is 11.1. The maximum absolute atomic E-state index is 10.4. The van der Waals surface area contributed by atoms with E-state index in [0.29, 0.717) is 0 Å². The van der Waals surface area contributed by atoms with E-state index in [-0.39, 0.29) is 5.41 Å². The zero-order valence-electron chi connectivity index (χ0n) is 13.6. The van der Waals surface area contributed by atoms with Gasteiger partial charge < -0.3 is 4.74 Å². The molecule has 120 valence electrons. The van der Waals surface area contributed by atoms with Crippen LogP contribution < -0.4 is 4.74 Å². The molecule has 0 aliphatic heterocycles. The molecule has 0 spiro atoms. The fraction of sp³-hybridized carbons (Fsp3) is 0.250. The third kappa shape index (κ3) is 6.33. The molecular formula is C20H22O2S. The van der Waals surface area contributed by atoms with E-state index >= 15 is 0 Å². The number of para-hydroxylation sites is 1. The molecule has 0 aliphatic carbocycles. The van der Waals surface area contributed by atoms with Gasteiger partial charge in [0.15, 0.2) is 0 Å². The largest absolute Gasteiger partial charge is 0.457 e. The molecule has 3 heteroatoms. The molecule has 0 fully saturated rings. The highest BCUT2D eigenvalue weighted by Crippen LogP contribution is 2.27. The van der Waals surface area contributed by atoms with Crippen molar-refractivity contribution >= 4 is 18.0 Å². The molecule has 2 nitrogen and oxygen atoms in total. The fourth-order valence-electron chi connectivity index (χ4n) is 2.10. The minimum Gasteiger partial charge on any atom is -0.457 e. The van der Waals surface area contributed by atoms with Gasteiger partial charge in [-0.1, -0.05) is 50.3 Å². The van der Waals surface area contributed by atoms with Crippen molar-refractivity contribution in [2.45, 2.75) is 19.6 Å². The van der Waals surface area contributed by atoms with Crippen LogP contribution in [-0.4, -0.2) is 12.0 Å². The monoisotopic (exact) mass is 326 g/mol. The number of carbonyl (C=O) groups excluding carboxylic acids is 1. The molecule has 0 atom stereocenters. The van der Waals surface area contributed by atoms with Crippen LogP contribution >= 0.6 is 11.8 Å². The highest BCUT2D eigenvalue weighted by atomic mass is 32.2. The third-order valence-electron chi connectivity index (χ3n) is 3.25. The molecular weight excluding hydrogens is 304 g/mol. The lowest BCUT2D eigenvalue weighted by Crippen LogP contribution is -2.11. The predicted octanol–water partition coefficient (Wildman–Crippen LogP) is 5.49. The average Bonchev–Trinajstić information content (AvgIpc) is 2.54. The summed E-state index contributed by atoms with van der Waals surface area (Å²) in [6, 6.07) is 18.0. The molecule has 2 rings (SSSR count). The van der Waals surface area contributed by atoms with Crippen LogP contribution in [0.1, 0.15) is 19.4 Å². The Bertz CT molecular complexity index is 648. The average molecular weight is 326 g/mol. The smallest absolute Gasteiger partial charge is 0.142 e. The van der Waals surface area contributed by atoms with Crippen LogP contribution in [0.3, 0.4) is 0 Å². The lowest BCUT2D eigenvalue weighted by atomic mass is 9.96. The van der Waals surface area contributed by atoms with Gasteiger partial charge in [0, 0.05) is 11.5 Å². The van der Waals surface area contributed by atoms with Crippen LogP contribution in [-0.2, 0) is 10.5 Å². The molecule has 23 heavy (non-hydrogen) atoms. The van der Waals surface area contributed by atoms with Gasteiger partial charge in [0.1, 0.15) is 17.8 Å². The number of ether oxygens (including phenoxy) is 1. The molecule has 0 aromatic heterocycles. The molecule has 0 unspecified atom stereocenters. The van der Waals surface area contributed by atoms with Gasteiger partial charge in [-0.05, 0) is 41.3 Å². The molecule has 0 N–H and O–H groups in total. The summed E-state index contributed by atoms with van der Waals surface area (Å²) in [6.45, 7) is 4.27. The second-order valence-electron chi connectivity index (χ2n) is 6.04. The van der Waals surface area contributed by atoms with Gasteiger partial charge >= 0.3 is 0 Å². The lowest BCUT2D eigenvalue weighted by Gasteiger charge is -2.19. The van der Waals surface area contributed by atoms with Crippen LogP contribution in [0, 0.1) is 5.41 Å². The Morgan fingerprint density at radius 2 is 1.78 bits per heavy atom. The molecule has 0 saturated carbocycles. The number of rotatable bonds is 8. The highest BCUT2D eigenvalue weighted by molar-refractivity contribution is 7.98. The van der Waals surface area contributed by atoms with Crippen molar-refractivity contribution < 1.29 is 9.53 Å². The standard InChI is InChI=1S/C20H22O2S/c1-20(2,12-7-13-21)16-23-15-17-8-6-11-19(14-17)22-18-9-4-3-5-10-18/h3-14H,15-16H2,1-2H3. The van der Waals surface area contributed by atoms with E-state index in [4.69, 9.17) is 4.74 Å². The van der Waals surface area contributed by atoms with Gasteiger partial charge in [0.05, 0.1) is 0 Å². The summed E-state index contributed by atoms with van der Waals surface area (Å²) in [6.07, 6.45) is 4.37. The second-order valence-corrected chi connectivity index (χ2v) is 7.02. The van der Waals surface area contributed by atoms with E-state index in [1.54, 1.807) is 6.08 Å². The molecule has 0 heterocycles. The molecule has 0 bridgehead atoms. The zero-order valence-corrected chi connectivity index (χ0v) is 14.4. The zero-order chi connectivity index (χ0) is 16.5. The maximum Gasteiger partial charge on any atom is 0.142 e. The molecule has 0 radical (unpaired) electrons. The van der Waals surface area contributed by atoms with Crippen molar-refractivity contribution in [3.8, 4) is 11.5 Å². The highest BCUT2D eigenvalue weighted by Gasteiger charge is 2.13. The summed E-state index contributed by atoms with van der Waals surface area (Å²) in [4.78, 5) is 10.4. The number of hydrogen-bond donors (Lipinski definition) is 0. The Labute approximate surface area is 142 Å². The van der Waals surface area contributed by atoms with Gasteiger partial charge in [0.25, 0.3) is 0 Å². The number of hydrogen-bond acceptors (Lipinski definition) is 3. The fourth-order valence-corrected chi connectivity index (χ4v) is 3.24. The predicted molar refractivity (Wildman–Crippen MR) is 98.1 cm³/mol. The van der Waals surface area contributed by atoms with Crippen LogP contribution in [0.4, 0.5) is 0 Å². The summed E-state index contributed by atoms with van der Waals surface area (Å²) >= 11 is 1.86. The first-order valence-corrected chi connectivity index (χ1v) is 8.77. The van der Waals surface area contributed by atoms with E-state index in [9.17, 15) is 4.79 Å². The first kappa shape index (κ1) is 17.4. The summed E-state index contributed by atoms with van der Waals surface area (Å²) in [5.41, 5.74) is 1.25. The maximum atomic E-state index is 10.4. The van der Waals surface area contributed by atoms with Crippen molar-refractivity contribution in [2.75, 3.05) is 5.75 Å². The quantitative estimate of drug-likeness (QED) is 0.474. The lowest BCUT2D eigenvalue weighted by molar-refractivity contribution is -0.104. The van der Waals surface area contributed by atoms with E-state index in [0.717, 1.165) is 29.3 Å². The second kappa shape index (κ2) is 8.59. The van der Waals surface area contributed by atoms with Gasteiger partial charge in [-0.3, -0.25) is 4.79 Å². The van der Waals surface area contributed by atoms with Gasteiger partial charge in [-0.2, -0.15) is 11.8 Å². The van der Waals surface area contributed by atoms with Crippen molar-refractivity contribution in [1.82, 2.24) is 0 Å². The van der Waals surface area contributed by atoms with Crippen LogP contribution in [0.2, 0.25) is 0 Å². The normalized spacial score (nSPS) is 11.6. The Morgan fingerprint density at radius 1 is 1.04 bits per heavy atom. The molecule has 2 aromatic carbocycles. The number of aldehydes is 1. The van der Waals surface area contributed by atoms with Crippen molar-refractivity contribution in [2.24, 2.45) is 5.41 Å². The van der Waals surface area contributed by atoms with E-state index in [2.05, 4.69) is 26.0 Å².